The zero-order valence-electron chi connectivity index (χ0n) is 21.9. The fourth-order valence-electron chi connectivity index (χ4n) is 5.85. The van der Waals surface area contributed by atoms with Crippen molar-refractivity contribution >= 4 is 51.1 Å². The monoisotopic (exact) mass is 519 g/mol. The maximum atomic E-state index is 6.12. The van der Waals surface area contributed by atoms with E-state index in [1.165, 1.54) is 49.6 Å². The third-order valence-corrected chi connectivity index (χ3v) is 10.1. The van der Waals surface area contributed by atoms with Gasteiger partial charge in [0.1, 0.15) is 0 Å². The molecule has 0 spiro atoms. The number of rotatable bonds is 9. The highest BCUT2D eigenvalue weighted by Gasteiger charge is 2.32. The molecule has 1 atom stereocenters. The van der Waals surface area contributed by atoms with E-state index in [0.29, 0.717) is 19.3 Å². The van der Waals surface area contributed by atoms with Gasteiger partial charge in [-0.3, -0.25) is 0 Å². The van der Waals surface area contributed by atoms with E-state index in [9.17, 15) is 0 Å². The highest BCUT2D eigenvalue weighted by atomic mass is 31.1. The zero-order valence-corrected chi connectivity index (χ0v) is 22.8. The molecule has 1 aliphatic heterocycles. The molecular formula is C34H34NO2P. The van der Waals surface area contributed by atoms with E-state index in [4.69, 9.17) is 9.47 Å². The van der Waals surface area contributed by atoms with Crippen LogP contribution in [0, 0.1) is 0 Å². The fourth-order valence-corrected chi connectivity index (χ4v) is 8.50. The van der Waals surface area contributed by atoms with Crippen LogP contribution in [0.2, 0.25) is 0 Å². The highest BCUT2D eigenvalue weighted by Crippen LogP contribution is 2.45. The summed E-state index contributed by atoms with van der Waals surface area (Å²) in [4.78, 5) is 2.66. The van der Waals surface area contributed by atoms with Gasteiger partial charge in [-0.25, -0.2) is 0 Å². The fraction of sp³-hybridized carbons (Fsp3) is 0.235. The van der Waals surface area contributed by atoms with E-state index >= 15 is 0 Å². The molecule has 0 bridgehead atoms. The van der Waals surface area contributed by atoms with Crippen molar-refractivity contribution in [1.29, 1.82) is 0 Å². The number of fused-ring (bicyclic) bond motifs is 3. The van der Waals surface area contributed by atoms with E-state index in [2.05, 4.69) is 114 Å². The highest BCUT2D eigenvalue weighted by molar-refractivity contribution is 7.80. The van der Waals surface area contributed by atoms with Crippen molar-refractivity contribution in [3.05, 3.63) is 109 Å². The molecule has 0 saturated carbocycles. The van der Waals surface area contributed by atoms with Gasteiger partial charge in [0.25, 0.3) is 0 Å². The molecule has 5 aromatic rings. The van der Waals surface area contributed by atoms with Crippen LogP contribution in [0.25, 0.3) is 21.5 Å². The van der Waals surface area contributed by atoms with Gasteiger partial charge in [-0.15, -0.1) is 0 Å². The molecule has 1 fully saturated rings. The Kier molecular flexibility index (Phi) is 7.69. The maximum Gasteiger partial charge on any atom is 0.0701 e. The minimum Gasteiger partial charge on any atom is -0.382 e. The second-order valence-electron chi connectivity index (χ2n) is 9.85. The number of benzene rings is 5. The average Bonchev–Trinajstić information content (AvgIpc) is 3.45. The quantitative estimate of drug-likeness (QED) is 0.128. The first-order valence-electron chi connectivity index (χ1n) is 13.5. The summed E-state index contributed by atoms with van der Waals surface area (Å²) in [6.45, 7) is 3.02. The molecule has 0 amide bonds. The van der Waals surface area contributed by atoms with Crippen LogP contribution in [0.5, 0.6) is 0 Å². The second kappa shape index (κ2) is 11.7. The Morgan fingerprint density at radius 2 is 1.24 bits per heavy atom. The molecule has 3 nitrogen and oxygen atoms in total. The van der Waals surface area contributed by atoms with Crippen LogP contribution in [0.15, 0.2) is 109 Å². The summed E-state index contributed by atoms with van der Waals surface area (Å²) in [5.74, 6) is 0. The van der Waals surface area contributed by atoms with Crippen LogP contribution < -0.4 is 20.8 Å². The average molecular weight is 520 g/mol. The number of nitrogens with zero attached hydrogens (tertiary/aromatic N) is 1. The summed E-state index contributed by atoms with van der Waals surface area (Å²) in [5, 5.41) is 9.55. The van der Waals surface area contributed by atoms with Crippen LogP contribution in [0.3, 0.4) is 0 Å². The van der Waals surface area contributed by atoms with Gasteiger partial charge in [-0.05, 0) is 47.5 Å². The normalized spacial score (nSPS) is 15.6. The van der Waals surface area contributed by atoms with Crippen LogP contribution >= 0.6 is 7.92 Å². The van der Waals surface area contributed by atoms with Crippen LogP contribution in [0.4, 0.5) is 5.69 Å². The molecule has 6 rings (SSSR count). The Labute approximate surface area is 226 Å². The van der Waals surface area contributed by atoms with E-state index < -0.39 is 7.92 Å². The number of hydrogen-bond acceptors (Lipinski definition) is 3. The standard InChI is InChI=1S/C34H34NO2P/c1-36-23-24-37-25-26-13-12-22-35(26)33-31-20-10-8-18-29(31)30-19-9-11-21-32(30)34(33)38(27-14-4-2-5-15-27)28-16-6-3-7-17-28/h2-11,14-21,26H,12-13,22-25H2,1H3/t26-/m1/s1. The van der Waals surface area contributed by atoms with Crippen LogP contribution in [0.1, 0.15) is 12.8 Å². The molecule has 0 unspecified atom stereocenters. The zero-order chi connectivity index (χ0) is 25.7. The van der Waals surface area contributed by atoms with Crippen molar-refractivity contribution in [3.63, 3.8) is 0 Å². The summed E-state index contributed by atoms with van der Waals surface area (Å²) < 4.78 is 11.4. The van der Waals surface area contributed by atoms with Gasteiger partial charge in [-0.1, -0.05) is 109 Å². The van der Waals surface area contributed by atoms with Gasteiger partial charge < -0.3 is 14.4 Å². The van der Waals surface area contributed by atoms with Crippen molar-refractivity contribution in [2.75, 3.05) is 38.4 Å². The Hall–Kier alpha value is -3.23. The van der Waals surface area contributed by atoms with E-state index in [1.807, 2.05) is 0 Å². The molecule has 192 valence electrons. The Morgan fingerprint density at radius 3 is 1.87 bits per heavy atom. The van der Waals surface area contributed by atoms with Gasteiger partial charge in [0.15, 0.2) is 0 Å². The van der Waals surface area contributed by atoms with Gasteiger partial charge in [0.05, 0.1) is 31.5 Å². The molecule has 0 aromatic heterocycles. The molecule has 1 heterocycles. The lowest BCUT2D eigenvalue weighted by Crippen LogP contribution is -2.37. The minimum atomic E-state index is -0.796. The molecule has 0 radical (unpaired) electrons. The molecule has 1 aliphatic rings. The third kappa shape index (κ3) is 4.83. The molecule has 0 N–H and O–H groups in total. The molecule has 0 aliphatic carbocycles. The van der Waals surface area contributed by atoms with E-state index in [-0.39, 0.29) is 0 Å². The molecule has 5 aromatic carbocycles. The van der Waals surface area contributed by atoms with Crippen molar-refractivity contribution in [1.82, 2.24) is 0 Å². The number of hydrogen-bond donors (Lipinski definition) is 0. The van der Waals surface area contributed by atoms with E-state index in [1.54, 1.807) is 7.11 Å². The summed E-state index contributed by atoms with van der Waals surface area (Å²) in [6, 6.07) is 40.5. The van der Waals surface area contributed by atoms with Crippen molar-refractivity contribution in [2.24, 2.45) is 0 Å². The molecule has 38 heavy (non-hydrogen) atoms. The topological polar surface area (TPSA) is 21.7 Å². The summed E-state index contributed by atoms with van der Waals surface area (Å²) in [7, 11) is 0.934. The van der Waals surface area contributed by atoms with Crippen molar-refractivity contribution in [3.8, 4) is 0 Å². The number of anilines is 1. The summed E-state index contributed by atoms with van der Waals surface area (Å²) in [6.07, 6.45) is 2.32. The maximum absolute atomic E-state index is 6.12. The largest absolute Gasteiger partial charge is 0.382 e. The third-order valence-electron chi connectivity index (χ3n) is 7.54. The van der Waals surface area contributed by atoms with Crippen LogP contribution in [-0.2, 0) is 9.47 Å². The van der Waals surface area contributed by atoms with Crippen LogP contribution in [-0.4, -0.2) is 39.5 Å². The Balaban J connectivity index is 1.63. The lowest BCUT2D eigenvalue weighted by atomic mass is 9.99. The van der Waals surface area contributed by atoms with E-state index in [0.717, 1.165) is 19.6 Å². The van der Waals surface area contributed by atoms with Crippen molar-refractivity contribution < 1.29 is 9.47 Å². The Morgan fingerprint density at radius 1 is 0.684 bits per heavy atom. The molecular weight excluding hydrogens is 485 g/mol. The summed E-state index contributed by atoms with van der Waals surface area (Å²) in [5.41, 5.74) is 1.39. The minimum absolute atomic E-state index is 0.346. The van der Waals surface area contributed by atoms with Gasteiger partial charge >= 0.3 is 0 Å². The predicted octanol–water partition coefficient (Wildman–Crippen LogP) is 6.38. The van der Waals surface area contributed by atoms with Crippen molar-refractivity contribution in [2.45, 2.75) is 18.9 Å². The lowest BCUT2D eigenvalue weighted by Gasteiger charge is -2.34. The number of methoxy groups -OCH3 is 1. The van der Waals surface area contributed by atoms with Gasteiger partial charge in [-0.2, -0.15) is 0 Å². The Bertz CT molecular complexity index is 1470. The second-order valence-corrected chi connectivity index (χ2v) is 12.0. The first kappa shape index (κ1) is 25.1. The molecule has 4 heteroatoms. The molecule has 1 saturated heterocycles. The lowest BCUT2D eigenvalue weighted by molar-refractivity contribution is 0.0641. The first-order valence-corrected chi connectivity index (χ1v) is 14.9. The predicted molar refractivity (Wildman–Crippen MR) is 163 cm³/mol. The van der Waals surface area contributed by atoms with Gasteiger partial charge in [0.2, 0.25) is 0 Å². The first-order chi connectivity index (χ1) is 18.9. The smallest absolute Gasteiger partial charge is 0.0701 e. The van der Waals surface area contributed by atoms with Gasteiger partial charge in [0, 0.05) is 24.3 Å². The summed E-state index contributed by atoms with van der Waals surface area (Å²) >= 11 is 0. The number of ether oxygens (including phenoxy) is 2. The SMILES string of the molecule is COCCOC[C@H]1CCCN1c1c(P(c2ccccc2)c2ccccc2)c2ccccc2c2ccccc12.